The minimum Gasteiger partial charge on any atom is -0.261 e. The van der Waals surface area contributed by atoms with Gasteiger partial charge >= 0.3 is 10.2 Å². The van der Waals surface area contributed by atoms with E-state index in [0.29, 0.717) is 0 Å². The molecule has 0 aromatic rings. The predicted molar refractivity (Wildman–Crippen MR) is 26.3 cm³/mol. The highest BCUT2D eigenvalue weighted by Crippen LogP contribution is 2.13. The molecule has 1 rings (SSSR count). The fourth-order valence-electron chi connectivity index (χ4n) is 0.221. The predicted octanol–water partition coefficient (Wildman–Crippen LogP) is -0.863. The Kier molecular flexibility index (Phi) is 1.07. The third-order valence-electron chi connectivity index (χ3n) is 0.655. The standard InChI is InChI=1S/C2H4N2O3S/c1-3-8(5,6)4-2-7-4/h1-2H2. The van der Waals surface area contributed by atoms with Crippen molar-refractivity contribution >= 4 is 16.9 Å². The number of nitrogens with zero attached hydrogens (tertiary/aromatic N) is 2. The van der Waals surface area contributed by atoms with Crippen molar-refractivity contribution in [3.05, 3.63) is 0 Å². The van der Waals surface area contributed by atoms with Gasteiger partial charge in [-0.1, -0.05) is 0 Å². The third kappa shape index (κ3) is 0.857. The summed E-state index contributed by atoms with van der Waals surface area (Å²) in [6, 6.07) is 0. The van der Waals surface area contributed by atoms with Gasteiger partial charge in [-0.25, -0.2) is 0 Å². The van der Waals surface area contributed by atoms with E-state index in [-0.39, 0.29) is 6.73 Å². The van der Waals surface area contributed by atoms with Gasteiger partial charge in [-0.3, -0.25) is 4.84 Å². The monoisotopic (exact) mass is 136 g/mol. The second-order valence-electron chi connectivity index (χ2n) is 1.17. The number of rotatable bonds is 2. The van der Waals surface area contributed by atoms with Crippen LogP contribution >= 0.6 is 0 Å². The molecule has 6 heteroatoms. The van der Waals surface area contributed by atoms with Crippen molar-refractivity contribution in [1.82, 2.24) is 4.47 Å². The van der Waals surface area contributed by atoms with Gasteiger partial charge in [-0.15, -0.1) is 0 Å². The van der Waals surface area contributed by atoms with Crippen molar-refractivity contribution < 1.29 is 13.3 Å². The highest BCUT2D eigenvalue weighted by atomic mass is 32.2. The first-order valence-corrected chi connectivity index (χ1v) is 3.20. The largest absolute Gasteiger partial charge is 0.346 e. The van der Waals surface area contributed by atoms with E-state index in [1.807, 2.05) is 0 Å². The van der Waals surface area contributed by atoms with E-state index in [0.717, 1.165) is 4.47 Å². The van der Waals surface area contributed by atoms with Gasteiger partial charge in [-0.05, 0) is 4.47 Å². The average molecular weight is 136 g/mol. The fraction of sp³-hybridized carbons (Fsp3) is 0.500. The first kappa shape index (κ1) is 5.67. The molecule has 1 unspecified atom stereocenters. The van der Waals surface area contributed by atoms with Crippen LogP contribution in [0.5, 0.6) is 0 Å². The molecule has 1 heterocycles. The van der Waals surface area contributed by atoms with Crippen LogP contribution in [0.4, 0.5) is 0 Å². The zero-order chi connectivity index (χ0) is 6.20. The van der Waals surface area contributed by atoms with Crippen molar-refractivity contribution in [3.63, 3.8) is 0 Å². The van der Waals surface area contributed by atoms with E-state index in [9.17, 15) is 8.42 Å². The lowest BCUT2D eigenvalue weighted by atomic mass is 11.5. The van der Waals surface area contributed by atoms with Gasteiger partial charge < -0.3 is 0 Å². The topological polar surface area (TPSA) is 62.0 Å². The van der Waals surface area contributed by atoms with Crippen LogP contribution < -0.4 is 0 Å². The lowest BCUT2D eigenvalue weighted by Gasteiger charge is -1.86. The highest BCUT2D eigenvalue weighted by Gasteiger charge is 2.32. The molecule has 46 valence electrons. The maximum atomic E-state index is 10.3. The smallest absolute Gasteiger partial charge is 0.261 e. The molecule has 1 saturated heterocycles. The van der Waals surface area contributed by atoms with E-state index in [1.165, 1.54) is 0 Å². The van der Waals surface area contributed by atoms with Crippen LogP contribution in [0.2, 0.25) is 0 Å². The minimum absolute atomic E-state index is 0.0986. The molecule has 0 aromatic carbocycles. The van der Waals surface area contributed by atoms with Gasteiger partial charge in [0.15, 0.2) is 6.73 Å². The average Bonchev–Trinajstić information content (AvgIpc) is 2.44. The molecule has 1 aliphatic heterocycles. The van der Waals surface area contributed by atoms with Gasteiger partial charge in [0.2, 0.25) is 0 Å². The van der Waals surface area contributed by atoms with Gasteiger partial charge in [0.1, 0.15) is 0 Å². The van der Waals surface area contributed by atoms with Gasteiger partial charge in [0, 0.05) is 6.72 Å². The van der Waals surface area contributed by atoms with Crippen LogP contribution in [-0.2, 0) is 15.0 Å². The molecule has 0 aliphatic carbocycles. The fourth-order valence-corrected chi connectivity index (χ4v) is 0.664. The molecule has 0 N–H and O–H groups in total. The Morgan fingerprint density at radius 2 is 2.25 bits per heavy atom. The third-order valence-corrected chi connectivity index (χ3v) is 1.71. The lowest BCUT2D eigenvalue weighted by Crippen LogP contribution is -2.05. The lowest BCUT2D eigenvalue weighted by molar-refractivity contribution is 0.294. The number of hydrogen-bond acceptors (Lipinski definition) is 3. The van der Waals surface area contributed by atoms with E-state index >= 15 is 0 Å². The van der Waals surface area contributed by atoms with Crippen LogP contribution in [0.15, 0.2) is 4.40 Å². The second kappa shape index (κ2) is 1.51. The zero-order valence-electron chi connectivity index (χ0n) is 3.94. The molecular weight excluding hydrogens is 132 g/mol. The molecular formula is C2H4N2O3S. The maximum Gasteiger partial charge on any atom is 0.346 e. The molecule has 0 radical (unpaired) electrons. The van der Waals surface area contributed by atoms with E-state index in [4.69, 9.17) is 0 Å². The quantitative estimate of drug-likeness (QED) is 0.366. The minimum atomic E-state index is -3.50. The molecule has 0 aromatic heterocycles. The summed E-state index contributed by atoms with van der Waals surface area (Å²) < 4.78 is 24.2. The summed E-state index contributed by atoms with van der Waals surface area (Å²) in [6.45, 7) is 2.93. The Morgan fingerprint density at radius 3 is 2.38 bits per heavy atom. The molecule has 0 saturated carbocycles. The number of hydrogen-bond donors (Lipinski definition) is 0. The van der Waals surface area contributed by atoms with E-state index in [2.05, 4.69) is 16.0 Å². The van der Waals surface area contributed by atoms with Crippen LogP contribution in [0.3, 0.4) is 0 Å². The summed E-state index contributed by atoms with van der Waals surface area (Å²) in [4.78, 5) is 4.28. The summed E-state index contributed by atoms with van der Waals surface area (Å²) in [7, 11) is -3.50. The Hall–Kier alpha value is -0.460. The molecule has 8 heavy (non-hydrogen) atoms. The van der Waals surface area contributed by atoms with Crippen molar-refractivity contribution in [2.75, 3.05) is 6.73 Å². The number of hydroxylamine groups is 1. The van der Waals surface area contributed by atoms with E-state index < -0.39 is 10.2 Å². The SMILES string of the molecule is C=NS(=O)(=O)N1CO1. The molecule has 1 fully saturated rings. The molecule has 0 bridgehead atoms. The highest BCUT2D eigenvalue weighted by molar-refractivity contribution is 7.87. The zero-order valence-corrected chi connectivity index (χ0v) is 4.76. The van der Waals surface area contributed by atoms with Crippen molar-refractivity contribution in [3.8, 4) is 0 Å². The summed E-state index contributed by atoms with van der Waals surface area (Å²) in [5, 5.41) is 0. The van der Waals surface area contributed by atoms with Crippen molar-refractivity contribution in [1.29, 1.82) is 0 Å². The first-order valence-electron chi connectivity index (χ1n) is 1.80. The Balaban J connectivity index is 2.79. The van der Waals surface area contributed by atoms with E-state index in [1.54, 1.807) is 0 Å². The maximum absolute atomic E-state index is 10.3. The van der Waals surface area contributed by atoms with Crippen LogP contribution in [0.1, 0.15) is 0 Å². The molecule has 1 aliphatic rings. The molecule has 5 nitrogen and oxygen atoms in total. The molecule has 0 spiro atoms. The Bertz CT molecular complexity index is 191. The summed E-state index contributed by atoms with van der Waals surface area (Å²) in [5.74, 6) is 0. The van der Waals surface area contributed by atoms with Crippen molar-refractivity contribution in [2.24, 2.45) is 4.40 Å². The first-order chi connectivity index (χ1) is 3.67. The normalized spacial score (nSPS) is 27.2. The molecule has 1 atom stereocenters. The Labute approximate surface area is 46.7 Å². The van der Waals surface area contributed by atoms with Gasteiger partial charge in [-0.2, -0.15) is 12.8 Å². The van der Waals surface area contributed by atoms with Crippen LogP contribution in [0, 0.1) is 0 Å². The van der Waals surface area contributed by atoms with Crippen LogP contribution in [0.25, 0.3) is 0 Å². The summed E-state index contributed by atoms with van der Waals surface area (Å²) in [6.07, 6.45) is 0. The summed E-state index contributed by atoms with van der Waals surface area (Å²) in [5.41, 5.74) is 0. The molecule has 0 amide bonds. The van der Waals surface area contributed by atoms with Gasteiger partial charge in [0.25, 0.3) is 0 Å². The van der Waals surface area contributed by atoms with Crippen LogP contribution in [-0.4, -0.2) is 26.3 Å². The van der Waals surface area contributed by atoms with Gasteiger partial charge in [0.05, 0.1) is 0 Å². The summed E-state index contributed by atoms with van der Waals surface area (Å²) >= 11 is 0. The second-order valence-corrected chi connectivity index (χ2v) is 2.73. The Morgan fingerprint density at radius 1 is 1.75 bits per heavy atom. The van der Waals surface area contributed by atoms with Crippen molar-refractivity contribution in [2.45, 2.75) is 0 Å².